The molecule has 1 aromatic rings. The largest absolute Gasteiger partial charge is 0.396 e. The van der Waals surface area contributed by atoms with Gasteiger partial charge < -0.3 is 25.2 Å². The maximum absolute atomic E-state index is 12.8. The van der Waals surface area contributed by atoms with Crippen LogP contribution in [-0.2, 0) is 18.5 Å². The Labute approximate surface area is 163 Å². The Morgan fingerprint density at radius 1 is 1.32 bits per heavy atom. The first kappa shape index (κ1) is 22.4. The summed E-state index contributed by atoms with van der Waals surface area (Å²) in [6.45, 7) is 7.03. The third kappa shape index (κ3) is 6.05. The number of nitrogens with zero attached hydrogens (tertiary/aromatic N) is 2. The normalized spacial score (nSPS) is 15.5. The Morgan fingerprint density at radius 2 is 1.96 bits per heavy atom. The zero-order valence-corrected chi connectivity index (χ0v) is 17.3. The first-order chi connectivity index (χ1) is 13.1. The fraction of sp³-hybridized carbons (Fsp3) is 0.625. The SMILES string of the molecule is CC(C)OP(=O)(C=CC(CO)CON1CNc2c1nc(N)[nH]c2=O)OC(C)C. The molecule has 0 bridgehead atoms. The van der Waals surface area contributed by atoms with Crippen LogP contribution in [-0.4, -0.2) is 47.2 Å². The van der Waals surface area contributed by atoms with E-state index in [9.17, 15) is 14.5 Å². The average Bonchev–Trinajstić information content (AvgIpc) is 2.96. The lowest BCUT2D eigenvalue weighted by Crippen LogP contribution is -2.27. The molecule has 0 aliphatic carbocycles. The maximum atomic E-state index is 12.8. The molecule has 0 saturated heterocycles. The summed E-state index contributed by atoms with van der Waals surface area (Å²) in [5.41, 5.74) is 5.42. The van der Waals surface area contributed by atoms with Crippen molar-refractivity contribution in [2.75, 3.05) is 36.0 Å². The van der Waals surface area contributed by atoms with E-state index in [0.29, 0.717) is 0 Å². The molecule has 11 nitrogen and oxygen atoms in total. The van der Waals surface area contributed by atoms with Gasteiger partial charge in [0.05, 0.1) is 25.4 Å². The van der Waals surface area contributed by atoms with Crippen LogP contribution >= 0.6 is 7.60 Å². The molecule has 0 fully saturated rings. The highest BCUT2D eigenvalue weighted by Crippen LogP contribution is 2.52. The molecular formula is C16H28N5O6P. The highest BCUT2D eigenvalue weighted by Gasteiger charge is 2.27. The van der Waals surface area contributed by atoms with Crippen LogP contribution in [0.25, 0.3) is 0 Å². The molecule has 1 unspecified atom stereocenters. The number of aliphatic hydroxyl groups excluding tert-OH is 1. The number of H-pyrrole nitrogens is 1. The number of hydrogen-bond acceptors (Lipinski definition) is 10. The summed E-state index contributed by atoms with van der Waals surface area (Å²) in [6.07, 6.45) is 0.954. The van der Waals surface area contributed by atoms with Gasteiger partial charge in [0, 0.05) is 11.7 Å². The second-order valence-electron chi connectivity index (χ2n) is 6.79. The minimum Gasteiger partial charge on any atom is -0.396 e. The van der Waals surface area contributed by atoms with E-state index in [1.54, 1.807) is 27.7 Å². The molecule has 2 heterocycles. The van der Waals surface area contributed by atoms with Crippen LogP contribution in [0.3, 0.4) is 0 Å². The zero-order chi connectivity index (χ0) is 20.9. The van der Waals surface area contributed by atoms with E-state index >= 15 is 0 Å². The Hall–Kier alpha value is -1.91. The fourth-order valence-corrected chi connectivity index (χ4v) is 4.24. The molecule has 0 amide bonds. The number of rotatable bonds is 10. The predicted octanol–water partition coefficient (Wildman–Crippen LogP) is 1.64. The molecule has 1 aromatic heterocycles. The Bertz CT molecular complexity index is 782. The van der Waals surface area contributed by atoms with Crippen molar-refractivity contribution in [3.8, 4) is 0 Å². The minimum absolute atomic E-state index is 0.0303. The monoisotopic (exact) mass is 417 g/mol. The lowest BCUT2D eigenvalue weighted by Gasteiger charge is -2.21. The van der Waals surface area contributed by atoms with E-state index in [0.717, 1.165) is 0 Å². The van der Waals surface area contributed by atoms with E-state index in [1.165, 1.54) is 17.0 Å². The van der Waals surface area contributed by atoms with Crippen LogP contribution in [0.4, 0.5) is 17.5 Å². The molecule has 0 spiro atoms. The van der Waals surface area contributed by atoms with Crippen LogP contribution in [0.1, 0.15) is 27.7 Å². The number of aromatic amines is 1. The van der Waals surface area contributed by atoms with Crippen LogP contribution in [0.5, 0.6) is 0 Å². The van der Waals surface area contributed by atoms with Gasteiger partial charge in [-0.3, -0.25) is 19.2 Å². The summed E-state index contributed by atoms with van der Waals surface area (Å²) < 4.78 is 23.7. The quantitative estimate of drug-likeness (QED) is 0.413. The van der Waals surface area contributed by atoms with Crippen molar-refractivity contribution in [1.29, 1.82) is 0 Å². The number of aromatic nitrogens is 2. The van der Waals surface area contributed by atoms with Gasteiger partial charge in [-0.15, -0.1) is 0 Å². The summed E-state index contributed by atoms with van der Waals surface area (Å²) in [4.78, 5) is 23.9. The Kier molecular flexibility index (Phi) is 7.62. The highest BCUT2D eigenvalue weighted by atomic mass is 31.2. The summed E-state index contributed by atoms with van der Waals surface area (Å²) in [7, 11) is -3.46. The van der Waals surface area contributed by atoms with Crippen molar-refractivity contribution < 1.29 is 23.6 Å². The molecule has 1 atom stereocenters. The number of anilines is 3. The number of hydrogen-bond donors (Lipinski definition) is 4. The van der Waals surface area contributed by atoms with Crippen LogP contribution < -0.4 is 21.7 Å². The number of aliphatic hydroxyl groups is 1. The van der Waals surface area contributed by atoms with Crippen molar-refractivity contribution >= 4 is 25.0 Å². The van der Waals surface area contributed by atoms with Gasteiger partial charge in [0.1, 0.15) is 12.4 Å². The first-order valence-electron chi connectivity index (χ1n) is 8.94. The zero-order valence-electron chi connectivity index (χ0n) is 16.4. The van der Waals surface area contributed by atoms with Crippen molar-refractivity contribution in [1.82, 2.24) is 9.97 Å². The lowest BCUT2D eigenvalue weighted by atomic mass is 10.2. The number of hydroxylamine groups is 1. The van der Waals surface area contributed by atoms with Crippen molar-refractivity contribution in [2.45, 2.75) is 39.9 Å². The standard InChI is InChI=1S/C16H28N5O6P/c1-10(2)26-28(24,27-11(3)4)6-5-12(7-22)8-25-21-9-18-13-14(21)19-16(17)20-15(13)23/h5-6,10-12,18,22H,7-9H2,1-4H3,(H3,17,19,20,23). The van der Waals surface area contributed by atoms with Gasteiger partial charge in [0.25, 0.3) is 5.56 Å². The summed E-state index contributed by atoms with van der Waals surface area (Å²) in [6, 6.07) is 0. The molecule has 2 rings (SSSR count). The number of nitrogen functional groups attached to an aromatic ring is 1. The van der Waals surface area contributed by atoms with E-state index in [4.69, 9.17) is 19.6 Å². The van der Waals surface area contributed by atoms with Gasteiger partial charge in [-0.05, 0) is 27.7 Å². The summed E-state index contributed by atoms with van der Waals surface area (Å²) in [5.74, 6) is 1.09. The third-order valence-electron chi connectivity index (χ3n) is 3.49. The van der Waals surface area contributed by atoms with Gasteiger partial charge in [-0.25, -0.2) is 5.06 Å². The van der Waals surface area contributed by atoms with Crippen LogP contribution in [0.2, 0.25) is 0 Å². The molecule has 1 aliphatic rings. The van der Waals surface area contributed by atoms with Gasteiger partial charge >= 0.3 is 7.60 Å². The topological polar surface area (TPSA) is 152 Å². The van der Waals surface area contributed by atoms with Crippen LogP contribution in [0, 0.1) is 5.92 Å². The third-order valence-corrected chi connectivity index (χ3v) is 5.46. The molecule has 0 aromatic carbocycles. The predicted molar refractivity (Wildman–Crippen MR) is 106 cm³/mol. The number of nitrogens with one attached hydrogen (secondary N) is 2. The molecule has 5 N–H and O–H groups in total. The molecule has 158 valence electrons. The molecular weight excluding hydrogens is 389 g/mol. The maximum Gasteiger partial charge on any atom is 0.354 e. The van der Waals surface area contributed by atoms with Gasteiger partial charge in [-0.2, -0.15) is 4.98 Å². The van der Waals surface area contributed by atoms with E-state index in [1.807, 2.05) is 0 Å². The van der Waals surface area contributed by atoms with E-state index in [2.05, 4.69) is 15.3 Å². The smallest absolute Gasteiger partial charge is 0.354 e. The number of fused-ring (bicyclic) bond motifs is 1. The molecule has 1 aliphatic heterocycles. The average molecular weight is 417 g/mol. The highest BCUT2D eigenvalue weighted by molar-refractivity contribution is 7.57. The Balaban J connectivity index is 2.04. The minimum atomic E-state index is -3.46. The van der Waals surface area contributed by atoms with Crippen molar-refractivity contribution in [3.63, 3.8) is 0 Å². The summed E-state index contributed by atoms with van der Waals surface area (Å²) in [5, 5.41) is 13.8. The fourth-order valence-electron chi connectivity index (χ4n) is 2.42. The van der Waals surface area contributed by atoms with E-state index in [-0.39, 0.29) is 49.5 Å². The first-order valence-corrected chi connectivity index (χ1v) is 10.6. The number of nitrogens with two attached hydrogens (primary N) is 1. The molecule has 12 heteroatoms. The lowest BCUT2D eigenvalue weighted by molar-refractivity contribution is 0.0744. The van der Waals surface area contributed by atoms with Gasteiger partial charge in [0.2, 0.25) is 5.95 Å². The molecule has 0 saturated carbocycles. The second kappa shape index (κ2) is 9.53. The van der Waals surface area contributed by atoms with E-state index < -0.39 is 19.1 Å². The van der Waals surface area contributed by atoms with Crippen LogP contribution in [0.15, 0.2) is 16.7 Å². The van der Waals surface area contributed by atoms with Crippen molar-refractivity contribution in [3.05, 3.63) is 22.2 Å². The molecule has 28 heavy (non-hydrogen) atoms. The summed E-state index contributed by atoms with van der Waals surface area (Å²) >= 11 is 0. The van der Waals surface area contributed by atoms with Gasteiger partial charge in [0.15, 0.2) is 5.82 Å². The Morgan fingerprint density at radius 3 is 2.54 bits per heavy atom. The second-order valence-corrected chi connectivity index (χ2v) is 8.59. The molecule has 0 radical (unpaired) electrons. The van der Waals surface area contributed by atoms with Crippen molar-refractivity contribution in [2.24, 2.45) is 5.92 Å². The van der Waals surface area contributed by atoms with Gasteiger partial charge in [-0.1, -0.05) is 6.08 Å².